The molecule has 0 heterocycles. The van der Waals surface area contributed by atoms with Crippen molar-refractivity contribution in [1.82, 2.24) is 0 Å². The Morgan fingerprint density at radius 3 is 1.36 bits per heavy atom. The topological polar surface area (TPSA) is 66.9 Å². The van der Waals surface area contributed by atoms with Crippen LogP contribution < -0.4 is 9.80 Å². The molecule has 6 heteroatoms. The Kier molecular flexibility index (Phi) is 16.8. The molecule has 2 aromatic rings. The van der Waals surface area contributed by atoms with E-state index in [-0.39, 0.29) is 30.1 Å². The summed E-state index contributed by atoms with van der Waals surface area (Å²) in [6.45, 7) is 4.11. The summed E-state index contributed by atoms with van der Waals surface area (Å²) in [5.74, 6) is -1.99. The van der Waals surface area contributed by atoms with E-state index in [2.05, 4.69) is 18.9 Å². The summed E-state index contributed by atoms with van der Waals surface area (Å²) in [6.07, 6.45) is 29.3. The van der Waals surface area contributed by atoms with Gasteiger partial charge in [-0.3, -0.25) is 14.4 Å². The quantitative estimate of drug-likeness (QED) is 0.0590. The summed E-state index contributed by atoms with van der Waals surface area (Å²) >= 11 is 0. The van der Waals surface area contributed by atoms with Crippen molar-refractivity contribution in [2.24, 2.45) is 5.92 Å². The molecule has 50 heavy (non-hydrogen) atoms. The lowest BCUT2D eigenvalue weighted by atomic mass is 9.66. The van der Waals surface area contributed by atoms with Gasteiger partial charge in [0.05, 0.1) is 12.5 Å². The zero-order valence-corrected chi connectivity index (χ0v) is 31.1. The van der Waals surface area contributed by atoms with Crippen LogP contribution in [0.25, 0.3) is 0 Å². The number of unbranched alkanes of at least 4 members (excludes halogenated alkanes) is 15. The first-order valence-electron chi connectivity index (χ1n) is 19.6. The average molecular weight is 683 g/mol. The molecule has 0 amide bonds. The van der Waals surface area contributed by atoms with Crippen LogP contribution in [0.2, 0.25) is 0 Å². The van der Waals surface area contributed by atoms with Crippen molar-refractivity contribution < 1.29 is 19.1 Å². The van der Waals surface area contributed by atoms with E-state index in [1.807, 2.05) is 84.8 Å². The molecule has 0 saturated heterocycles. The van der Waals surface area contributed by atoms with Crippen LogP contribution in [0.5, 0.6) is 0 Å². The summed E-state index contributed by atoms with van der Waals surface area (Å²) in [5.41, 5.74) is 3.56. The number of Topliss-reactive ketones (excluding diaryl/α,β-unsaturated/α-hetero) is 2. The summed E-state index contributed by atoms with van der Waals surface area (Å²) in [6, 6.07) is 15.5. The minimum absolute atomic E-state index is 0.0349. The Morgan fingerprint density at radius 1 is 0.560 bits per heavy atom. The second kappa shape index (κ2) is 21.5. The van der Waals surface area contributed by atoms with Crippen LogP contribution in [-0.4, -0.2) is 51.3 Å². The Labute approximate surface area is 302 Å². The maximum Gasteiger partial charge on any atom is 0.316 e. The highest BCUT2D eigenvalue weighted by atomic mass is 16.5. The SMILES string of the molecule is CCCCCCCCCCCCCCCCCCN(C)c1ccc(C2C(=O)C(c3ccc(N(C)CCOC(=O)C4C=CC=C4)cc3)C2=O)cc1. The fraction of sp³-hybridized carbons (Fsp3) is 0.568. The molecule has 272 valence electrons. The number of allylic oxidation sites excluding steroid dienone is 2. The molecule has 0 N–H and O–H groups in total. The fourth-order valence-electron chi connectivity index (χ4n) is 7.14. The largest absolute Gasteiger partial charge is 0.463 e. The highest BCUT2D eigenvalue weighted by Gasteiger charge is 2.50. The third-order valence-electron chi connectivity index (χ3n) is 10.5. The van der Waals surface area contributed by atoms with E-state index in [9.17, 15) is 14.4 Å². The van der Waals surface area contributed by atoms with E-state index in [0.717, 1.165) is 29.0 Å². The highest BCUT2D eigenvalue weighted by molar-refractivity contribution is 6.31. The van der Waals surface area contributed by atoms with Crippen molar-refractivity contribution in [2.75, 3.05) is 43.6 Å². The number of benzene rings is 2. The zero-order valence-electron chi connectivity index (χ0n) is 31.1. The lowest BCUT2D eigenvalue weighted by molar-refractivity contribution is -0.145. The molecule has 2 aliphatic carbocycles. The molecule has 0 spiro atoms. The Bertz CT molecular complexity index is 1350. The molecule has 1 saturated carbocycles. The zero-order chi connectivity index (χ0) is 35.6. The standard InChI is InChI=1S/C44H62N2O4/c1-4-5-6-7-8-9-10-11-12-13-14-15-16-17-18-21-32-45(2)38-28-24-35(25-29-38)40-42(47)41(43(40)48)36-26-30-39(31-27-36)46(3)33-34-50-44(49)37-22-19-20-23-37/h19-20,22-31,37,40-41H,4-18,21,32-34H2,1-3H3. The lowest BCUT2D eigenvalue weighted by Gasteiger charge is -2.33. The van der Waals surface area contributed by atoms with Gasteiger partial charge in [-0.2, -0.15) is 0 Å². The number of nitrogens with zero attached hydrogens (tertiary/aromatic N) is 2. The second-order valence-electron chi connectivity index (χ2n) is 14.5. The van der Waals surface area contributed by atoms with Crippen molar-refractivity contribution in [3.63, 3.8) is 0 Å². The molecule has 2 aromatic carbocycles. The van der Waals surface area contributed by atoms with Gasteiger partial charge in [-0.25, -0.2) is 0 Å². The van der Waals surface area contributed by atoms with Gasteiger partial charge >= 0.3 is 5.97 Å². The van der Waals surface area contributed by atoms with E-state index in [1.165, 1.54) is 103 Å². The van der Waals surface area contributed by atoms with E-state index in [1.54, 1.807) is 0 Å². The summed E-state index contributed by atoms with van der Waals surface area (Å²) in [5, 5.41) is 0. The van der Waals surface area contributed by atoms with Crippen molar-refractivity contribution >= 4 is 28.9 Å². The van der Waals surface area contributed by atoms with Crippen LogP contribution in [-0.2, 0) is 19.1 Å². The smallest absolute Gasteiger partial charge is 0.316 e. The summed E-state index contributed by atoms with van der Waals surface area (Å²) in [4.78, 5) is 42.7. The number of hydrogen-bond donors (Lipinski definition) is 0. The molecule has 2 aliphatic rings. The Hall–Kier alpha value is -3.67. The second-order valence-corrected chi connectivity index (χ2v) is 14.5. The van der Waals surface area contributed by atoms with Crippen molar-refractivity contribution in [3.8, 4) is 0 Å². The Morgan fingerprint density at radius 2 is 0.940 bits per heavy atom. The number of anilines is 2. The van der Waals surface area contributed by atoms with Gasteiger partial charge in [-0.15, -0.1) is 0 Å². The molecule has 0 radical (unpaired) electrons. The molecular formula is C44H62N2O4. The number of ketones is 2. The third kappa shape index (κ3) is 12.0. The van der Waals surface area contributed by atoms with Crippen LogP contribution >= 0.6 is 0 Å². The molecule has 4 rings (SSSR count). The van der Waals surface area contributed by atoms with Crippen LogP contribution in [0.4, 0.5) is 11.4 Å². The first-order chi connectivity index (χ1) is 24.4. The van der Waals surface area contributed by atoms with Gasteiger partial charge in [0.15, 0.2) is 11.6 Å². The van der Waals surface area contributed by atoms with Gasteiger partial charge in [0, 0.05) is 32.0 Å². The van der Waals surface area contributed by atoms with E-state index < -0.39 is 11.8 Å². The summed E-state index contributed by atoms with van der Waals surface area (Å²) in [7, 11) is 4.05. The molecule has 6 nitrogen and oxygen atoms in total. The van der Waals surface area contributed by atoms with Gasteiger partial charge in [-0.05, 0) is 41.8 Å². The summed E-state index contributed by atoms with van der Waals surface area (Å²) < 4.78 is 5.39. The van der Waals surface area contributed by atoms with Gasteiger partial charge in [0.25, 0.3) is 0 Å². The number of hydrogen-bond acceptors (Lipinski definition) is 6. The van der Waals surface area contributed by atoms with Crippen molar-refractivity contribution in [1.29, 1.82) is 0 Å². The molecule has 0 aromatic heterocycles. The maximum atomic E-state index is 13.2. The molecule has 0 bridgehead atoms. The number of ether oxygens (including phenoxy) is 1. The molecule has 1 fully saturated rings. The van der Waals surface area contributed by atoms with Crippen molar-refractivity contribution in [3.05, 3.63) is 84.0 Å². The van der Waals surface area contributed by atoms with E-state index in [0.29, 0.717) is 6.54 Å². The predicted octanol–water partition coefficient (Wildman–Crippen LogP) is 10.1. The number of esters is 1. The average Bonchev–Trinajstić information content (AvgIpc) is 3.68. The monoisotopic (exact) mass is 682 g/mol. The Balaban J connectivity index is 1.07. The van der Waals surface area contributed by atoms with E-state index >= 15 is 0 Å². The normalized spacial score (nSPS) is 16.9. The number of likely N-dealkylation sites (N-methyl/N-ethyl adjacent to an activating group) is 1. The third-order valence-corrected chi connectivity index (χ3v) is 10.5. The maximum absolute atomic E-state index is 13.2. The van der Waals surface area contributed by atoms with Gasteiger partial charge in [0.2, 0.25) is 0 Å². The van der Waals surface area contributed by atoms with Gasteiger partial charge in [-0.1, -0.05) is 152 Å². The van der Waals surface area contributed by atoms with Crippen LogP contribution in [0.3, 0.4) is 0 Å². The molecule has 0 aliphatic heterocycles. The van der Waals surface area contributed by atoms with Crippen molar-refractivity contribution in [2.45, 2.75) is 121 Å². The fourth-order valence-corrected chi connectivity index (χ4v) is 7.14. The number of carbonyl (C=O) groups is 3. The first kappa shape index (κ1) is 39.1. The molecule has 0 atom stereocenters. The molecule has 0 unspecified atom stereocenters. The van der Waals surface area contributed by atoms with Crippen LogP contribution in [0, 0.1) is 5.92 Å². The minimum Gasteiger partial charge on any atom is -0.463 e. The van der Waals surface area contributed by atoms with E-state index in [4.69, 9.17) is 4.74 Å². The van der Waals surface area contributed by atoms with Crippen LogP contribution in [0.1, 0.15) is 133 Å². The number of carbonyl (C=O) groups excluding carboxylic acids is 3. The predicted molar refractivity (Wildman–Crippen MR) is 207 cm³/mol. The molecular weight excluding hydrogens is 620 g/mol. The van der Waals surface area contributed by atoms with Gasteiger partial charge in [0.1, 0.15) is 18.4 Å². The van der Waals surface area contributed by atoms with Crippen LogP contribution in [0.15, 0.2) is 72.8 Å². The number of rotatable bonds is 25. The lowest BCUT2D eigenvalue weighted by Crippen LogP contribution is -2.44. The minimum atomic E-state index is -0.704. The van der Waals surface area contributed by atoms with Gasteiger partial charge < -0.3 is 14.5 Å². The first-order valence-corrected chi connectivity index (χ1v) is 19.6. The highest BCUT2D eigenvalue weighted by Crippen LogP contribution is 2.41.